The molecule has 0 saturated heterocycles. The van der Waals surface area contributed by atoms with Crippen LogP contribution in [0.1, 0.15) is 37.3 Å². The number of aromatic nitrogens is 2. The molecular formula is C17H20FN3OS. The first-order chi connectivity index (χ1) is 11.2. The highest BCUT2D eigenvalue weighted by molar-refractivity contribution is 7.99. The summed E-state index contributed by atoms with van der Waals surface area (Å²) < 4.78 is 15.0. The van der Waals surface area contributed by atoms with E-state index in [0.29, 0.717) is 18.3 Å². The molecular weight excluding hydrogens is 313 g/mol. The van der Waals surface area contributed by atoms with Gasteiger partial charge in [-0.3, -0.25) is 4.79 Å². The van der Waals surface area contributed by atoms with Gasteiger partial charge in [-0.05, 0) is 30.5 Å². The zero-order chi connectivity index (χ0) is 16.1. The number of nitrogens with zero attached hydrogens (tertiary/aromatic N) is 2. The second-order valence-corrected chi connectivity index (χ2v) is 6.69. The molecule has 1 aromatic carbocycles. The minimum Gasteiger partial charge on any atom is -0.351 e. The van der Waals surface area contributed by atoms with Crippen molar-refractivity contribution in [1.29, 1.82) is 0 Å². The predicted molar refractivity (Wildman–Crippen MR) is 88.7 cm³/mol. The number of benzene rings is 1. The van der Waals surface area contributed by atoms with Crippen molar-refractivity contribution in [1.82, 2.24) is 14.9 Å². The number of rotatable bonds is 6. The van der Waals surface area contributed by atoms with Crippen LogP contribution in [0.2, 0.25) is 0 Å². The van der Waals surface area contributed by atoms with Crippen molar-refractivity contribution in [2.45, 2.75) is 43.4 Å². The van der Waals surface area contributed by atoms with Crippen LogP contribution >= 0.6 is 11.8 Å². The SMILES string of the molecule is O=C(CSc1nccn1C1CCCC1)NCc1ccc(F)cc1. The van der Waals surface area contributed by atoms with Gasteiger partial charge in [-0.15, -0.1) is 0 Å². The normalized spacial score (nSPS) is 15.0. The molecule has 1 aliphatic rings. The van der Waals surface area contributed by atoms with Crippen molar-refractivity contribution < 1.29 is 9.18 Å². The third-order valence-corrected chi connectivity index (χ3v) is 5.07. The Bertz CT molecular complexity index is 650. The molecule has 1 fully saturated rings. The molecule has 0 radical (unpaired) electrons. The summed E-state index contributed by atoms with van der Waals surface area (Å²) in [6.07, 6.45) is 8.74. The van der Waals surface area contributed by atoms with Crippen LogP contribution in [-0.2, 0) is 11.3 Å². The van der Waals surface area contributed by atoms with Crippen molar-refractivity contribution in [3.05, 3.63) is 48.0 Å². The number of amides is 1. The number of nitrogens with one attached hydrogen (secondary N) is 1. The number of hydrogen-bond donors (Lipinski definition) is 1. The molecule has 4 nitrogen and oxygen atoms in total. The van der Waals surface area contributed by atoms with E-state index in [4.69, 9.17) is 0 Å². The molecule has 0 bridgehead atoms. The van der Waals surface area contributed by atoms with Gasteiger partial charge in [0.1, 0.15) is 5.82 Å². The lowest BCUT2D eigenvalue weighted by Crippen LogP contribution is -2.24. The summed E-state index contributed by atoms with van der Waals surface area (Å²) in [5.74, 6) is 0.0277. The summed E-state index contributed by atoms with van der Waals surface area (Å²) in [6, 6.07) is 6.68. The Hall–Kier alpha value is -1.82. The lowest BCUT2D eigenvalue weighted by atomic mass is 10.2. The molecule has 122 valence electrons. The largest absolute Gasteiger partial charge is 0.351 e. The minimum atomic E-state index is -0.269. The molecule has 1 amide bonds. The molecule has 3 rings (SSSR count). The van der Waals surface area contributed by atoms with E-state index in [-0.39, 0.29) is 11.7 Å². The van der Waals surface area contributed by atoms with Crippen molar-refractivity contribution in [2.24, 2.45) is 0 Å². The monoisotopic (exact) mass is 333 g/mol. The lowest BCUT2D eigenvalue weighted by molar-refractivity contribution is -0.118. The Morgan fingerprint density at radius 2 is 2.04 bits per heavy atom. The Kier molecular flexibility index (Phi) is 5.33. The average Bonchev–Trinajstić information content (AvgIpc) is 3.23. The molecule has 1 saturated carbocycles. The van der Waals surface area contributed by atoms with E-state index in [2.05, 4.69) is 14.9 Å². The maximum atomic E-state index is 12.8. The Morgan fingerprint density at radius 1 is 1.30 bits per heavy atom. The predicted octanol–water partition coefficient (Wildman–Crippen LogP) is 3.55. The van der Waals surface area contributed by atoms with Crippen LogP contribution < -0.4 is 5.32 Å². The maximum absolute atomic E-state index is 12.8. The van der Waals surface area contributed by atoms with E-state index in [1.54, 1.807) is 18.3 Å². The molecule has 23 heavy (non-hydrogen) atoms. The van der Waals surface area contributed by atoms with Gasteiger partial charge in [0.15, 0.2) is 5.16 Å². The molecule has 0 atom stereocenters. The van der Waals surface area contributed by atoms with Gasteiger partial charge in [0.05, 0.1) is 5.75 Å². The van der Waals surface area contributed by atoms with Crippen molar-refractivity contribution in [2.75, 3.05) is 5.75 Å². The highest BCUT2D eigenvalue weighted by atomic mass is 32.2. The summed E-state index contributed by atoms with van der Waals surface area (Å²) in [7, 11) is 0. The summed E-state index contributed by atoms with van der Waals surface area (Å²) >= 11 is 1.47. The third-order valence-electron chi connectivity index (χ3n) is 4.09. The maximum Gasteiger partial charge on any atom is 0.230 e. The van der Waals surface area contributed by atoms with E-state index >= 15 is 0 Å². The van der Waals surface area contributed by atoms with Gasteiger partial charge in [-0.25, -0.2) is 9.37 Å². The fourth-order valence-corrected chi connectivity index (χ4v) is 3.71. The van der Waals surface area contributed by atoms with Crippen LogP contribution in [0, 0.1) is 5.82 Å². The summed E-state index contributed by atoms with van der Waals surface area (Å²) in [5.41, 5.74) is 0.886. The van der Waals surface area contributed by atoms with Crippen LogP contribution in [0.15, 0.2) is 41.8 Å². The van der Waals surface area contributed by atoms with E-state index in [0.717, 1.165) is 10.7 Å². The summed E-state index contributed by atoms with van der Waals surface area (Å²) in [5, 5.41) is 3.76. The molecule has 1 heterocycles. The van der Waals surface area contributed by atoms with E-state index in [1.165, 1.54) is 49.6 Å². The highest BCUT2D eigenvalue weighted by Gasteiger charge is 2.19. The molecule has 6 heteroatoms. The first-order valence-corrected chi connectivity index (χ1v) is 8.88. The topological polar surface area (TPSA) is 46.9 Å². The second kappa shape index (κ2) is 7.64. The fourth-order valence-electron chi connectivity index (χ4n) is 2.86. The zero-order valence-electron chi connectivity index (χ0n) is 12.9. The molecule has 0 spiro atoms. The number of thioether (sulfide) groups is 1. The standard InChI is InChI=1S/C17H20FN3OS/c18-14-7-5-13(6-8-14)11-20-16(22)12-23-17-19-9-10-21(17)15-3-1-2-4-15/h5-10,15H,1-4,11-12H2,(H,20,22). The average molecular weight is 333 g/mol. The van der Waals surface area contributed by atoms with Gasteiger partial charge in [0.25, 0.3) is 0 Å². The van der Waals surface area contributed by atoms with Crippen LogP contribution in [0.4, 0.5) is 4.39 Å². The number of carbonyl (C=O) groups excluding carboxylic acids is 1. The van der Waals surface area contributed by atoms with E-state index in [1.807, 2.05) is 6.20 Å². The van der Waals surface area contributed by atoms with Gasteiger partial charge in [-0.1, -0.05) is 36.7 Å². The molecule has 0 unspecified atom stereocenters. The molecule has 1 aliphatic carbocycles. The number of halogens is 1. The first-order valence-electron chi connectivity index (χ1n) is 7.89. The first kappa shape index (κ1) is 16.1. The second-order valence-electron chi connectivity index (χ2n) is 5.75. The van der Waals surface area contributed by atoms with Crippen molar-refractivity contribution in [3.63, 3.8) is 0 Å². The van der Waals surface area contributed by atoms with Gasteiger partial charge in [-0.2, -0.15) is 0 Å². The van der Waals surface area contributed by atoms with E-state index < -0.39 is 0 Å². The smallest absolute Gasteiger partial charge is 0.230 e. The van der Waals surface area contributed by atoms with Crippen LogP contribution in [-0.4, -0.2) is 21.2 Å². The van der Waals surface area contributed by atoms with Crippen LogP contribution in [0.3, 0.4) is 0 Å². The van der Waals surface area contributed by atoms with Gasteiger partial charge >= 0.3 is 0 Å². The number of carbonyl (C=O) groups is 1. The minimum absolute atomic E-state index is 0.0414. The van der Waals surface area contributed by atoms with Gasteiger partial charge in [0.2, 0.25) is 5.91 Å². The molecule has 0 aliphatic heterocycles. The fraction of sp³-hybridized carbons (Fsp3) is 0.412. The number of imidazole rings is 1. The lowest BCUT2D eigenvalue weighted by Gasteiger charge is -2.14. The van der Waals surface area contributed by atoms with Crippen molar-refractivity contribution in [3.8, 4) is 0 Å². The Labute approximate surface area is 139 Å². The van der Waals surface area contributed by atoms with Crippen LogP contribution in [0.5, 0.6) is 0 Å². The van der Waals surface area contributed by atoms with E-state index in [9.17, 15) is 9.18 Å². The molecule has 1 N–H and O–H groups in total. The Morgan fingerprint density at radius 3 is 2.78 bits per heavy atom. The summed E-state index contributed by atoms with van der Waals surface area (Å²) in [6.45, 7) is 0.413. The highest BCUT2D eigenvalue weighted by Crippen LogP contribution is 2.32. The zero-order valence-corrected chi connectivity index (χ0v) is 13.7. The van der Waals surface area contributed by atoms with Gasteiger partial charge < -0.3 is 9.88 Å². The summed E-state index contributed by atoms with van der Waals surface area (Å²) in [4.78, 5) is 16.3. The third kappa shape index (κ3) is 4.34. The van der Waals surface area contributed by atoms with Gasteiger partial charge in [0, 0.05) is 25.0 Å². The number of hydrogen-bond acceptors (Lipinski definition) is 3. The van der Waals surface area contributed by atoms with Crippen LogP contribution in [0.25, 0.3) is 0 Å². The molecule has 2 aromatic rings. The molecule has 1 aromatic heterocycles. The quantitative estimate of drug-likeness (QED) is 0.823. The Balaban J connectivity index is 1.47. The van der Waals surface area contributed by atoms with Crippen molar-refractivity contribution >= 4 is 17.7 Å².